The second kappa shape index (κ2) is 6.09. The first kappa shape index (κ1) is 14.4. The van der Waals surface area contributed by atoms with Gasteiger partial charge in [0.05, 0.1) is 12.8 Å². The van der Waals surface area contributed by atoms with Crippen molar-refractivity contribution in [2.45, 2.75) is 6.92 Å². The Balaban J connectivity index is 1.66. The summed E-state index contributed by atoms with van der Waals surface area (Å²) >= 11 is 0. The molecule has 1 fully saturated rings. The number of methoxy groups -OCH3 is 1. The number of ether oxygens (including phenoxy) is 1. The number of hydrogen-bond donors (Lipinski definition) is 1. The maximum atomic E-state index is 12.4. The van der Waals surface area contributed by atoms with Crippen molar-refractivity contribution in [3.63, 3.8) is 0 Å². The molecule has 1 saturated heterocycles. The number of aromatic amines is 1. The number of hydrogen-bond acceptors (Lipinski definition) is 4. The molecular weight excluding hydrogens is 280 g/mol. The van der Waals surface area contributed by atoms with E-state index in [-0.39, 0.29) is 5.91 Å². The molecule has 116 valence electrons. The SMILES string of the molecule is COc1ccccc1N1CCN(C(=O)c2cc(C)[nH]n2)CC1. The lowest BCUT2D eigenvalue weighted by Gasteiger charge is -2.36. The van der Waals surface area contributed by atoms with Gasteiger partial charge in [0, 0.05) is 31.9 Å². The highest BCUT2D eigenvalue weighted by Crippen LogP contribution is 2.28. The summed E-state index contributed by atoms with van der Waals surface area (Å²) in [4.78, 5) is 16.5. The van der Waals surface area contributed by atoms with Crippen LogP contribution in [0.25, 0.3) is 0 Å². The number of carbonyl (C=O) groups is 1. The van der Waals surface area contributed by atoms with E-state index in [1.165, 1.54) is 0 Å². The minimum Gasteiger partial charge on any atom is -0.495 e. The molecule has 2 aromatic rings. The van der Waals surface area contributed by atoms with Gasteiger partial charge in [0.25, 0.3) is 5.91 Å². The number of piperazine rings is 1. The average Bonchev–Trinajstić information content (AvgIpc) is 3.01. The van der Waals surface area contributed by atoms with Gasteiger partial charge in [0.1, 0.15) is 11.4 Å². The zero-order valence-electron chi connectivity index (χ0n) is 12.9. The van der Waals surface area contributed by atoms with Crippen LogP contribution in [-0.4, -0.2) is 54.3 Å². The molecule has 0 radical (unpaired) electrons. The van der Waals surface area contributed by atoms with Crippen molar-refractivity contribution in [1.82, 2.24) is 15.1 Å². The molecule has 22 heavy (non-hydrogen) atoms. The van der Waals surface area contributed by atoms with Crippen molar-refractivity contribution >= 4 is 11.6 Å². The number of nitrogens with one attached hydrogen (secondary N) is 1. The minimum absolute atomic E-state index is 0.0102. The maximum Gasteiger partial charge on any atom is 0.274 e. The normalized spacial score (nSPS) is 15.0. The Morgan fingerprint density at radius 3 is 2.59 bits per heavy atom. The second-order valence-corrected chi connectivity index (χ2v) is 5.39. The second-order valence-electron chi connectivity index (χ2n) is 5.39. The van der Waals surface area contributed by atoms with Gasteiger partial charge in [0.2, 0.25) is 0 Å². The summed E-state index contributed by atoms with van der Waals surface area (Å²) in [6, 6.07) is 9.76. The number of amides is 1. The Kier molecular flexibility index (Phi) is 4.00. The van der Waals surface area contributed by atoms with E-state index in [2.05, 4.69) is 15.1 Å². The van der Waals surface area contributed by atoms with Crippen LogP contribution in [0.15, 0.2) is 30.3 Å². The predicted molar refractivity (Wildman–Crippen MR) is 84.4 cm³/mol. The zero-order chi connectivity index (χ0) is 15.5. The average molecular weight is 300 g/mol. The van der Waals surface area contributed by atoms with Crippen molar-refractivity contribution in [2.24, 2.45) is 0 Å². The standard InChI is InChI=1S/C16H20N4O2/c1-12-11-13(18-17-12)16(21)20-9-7-19(8-10-20)14-5-3-4-6-15(14)22-2/h3-6,11H,7-10H2,1-2H3,(H,17,18). The van der Waals surface area contributed by atoms with Crippen molar-refractivity contribution in [3.05, 3.63) is 41.7 Å². The topological polar surface area (TPSA) is 61.5 Å². The quantitative estimate of drug-likeness (QED) is 0.937. The van der Waals surface area contributed by atoms with Crippen LogP contribution in [-0.2, 0) is 0 Å². The number of benzene rings is 1. The van der Waals surface area contributed by atoms with Crippen LogP contribution in [0.3, 0.4) is 0 Å². The molecule has 0 saturated carbocycles. The first-order valence-electron chi connectivity index (χ1n) is 7.38. The largest absolute Gasteiger partial charge is 0.495 e. The summed E-state index contributed by atoms with van der Waals surface area (Å²) in [5.41, 5.74) is 2.46. The van der Waals surface area contributed by atoms with Gasteiger partial charge in [-0.2, -0.15) is 5.10 Å². The number of carbonyl (C=O) groups excluding carboxylic acids is 1. The van der Waals surface area contributed by atoms with Crippen LogP contribution in [0, 0.1) is 6.92 Å². The number of nitrogens with zero attached hydrogens (tertiary/aromatic N) is 3. The van der Waals surface area contributed by atoms with Gasteiger partial charge in [-0.15, -0.1) is 0 Å². The first-order valence-corrected chi connectivity index (χ1v) is 7.38. The molecule has 1 amide bonds. The van der Waals surface area contributed by atoms with E-state index < -0.39 is 0 Å². The van der Waals surface area contributed by atoms with Gasteiger partial charge in [0.15, 0.2) is 0 Å². The van der Waals surface area contributed by atoms with Crippen LogP contribution >= 0.6 is 0 Å². The van der Waals surface area contributed by atoms with E-state index in [1.54, 1.807) is 13.2 Å². The van der Waals surface area contributed by atoms with Crippen LogP contribution in [0.1, 0.15) is 16.2 Å². The van der Waals surface area contributed by atoms with E-state index in [0.29, 0.717) is 18.8 Å². The lowest BCUT2D eigenvalue weighted by atomic mass is 10.2. The molecule has 0 bridgehead atoms. The van der Waals surface area contributed by atoms with Crippen LogP contribution in [0.2, 0.25) is 0 Å². The Morgan fingerprint density at radius 1 is 1.23 bits per heavy atom. The fraction of sp³-hybridized carbons (Fsp3) is 0.375. The third-order valence-corrected chi connectivity index (χ3v) is 3.92. The van der Waals surface area contributed by atoms with Crippen molar-refractivity contribution in [3.8, 4) is 5.75 Å². The molecule has 6 nitrogen and oxygen atoms in total. The zero-order valence-corrected chi connectivity index (χ0v) is 12.9. The lowest BCUT2D eigenvalue weighted by molar-refractivity contribution is 0.0740. The number of aryl methyl sites for hydroxylation is 1. The van der Waals surface area contributed by atoms with E-state index >= 15 is 0 Å². The number of rotatable bonds is 3. The Labute approximate surface area is 129 Å². The third-order valence-electron chi connectivity index (χ3n) is 3.92. The van der Waals surface area contributed by atoms with Crippen LogP contribution in [0.5, 0.6) is 5.75 Å². The molecule has 1 aromatic carbocycles. The summed E-state index contributed by atoms with van der Waals surface area (Å²) in [6.07, 6.45) is 0. The Hall–Kier alpha value is -2.50. The molecule has 6 heteroatoms. The smallest absolute Gasteiger partial charge is 0.274 e. The minimum atomic E-state index is -0.0102. The molecule has 0 atom stereocenters. The van der Waals surface area contributed by atoms with Gasteiger partial charge < -0.3 is 14.5 Å². The molecule has 2 heterocycles. The molecular formula is C16H20N4O2. The highest BCUT2D eigenvalue weighted by Gasteiger charge is 2.24. The van der Waals surface area contributed by atoms with Gasteiger partial charge in [-0.3, -0.25) is 9.89 Å². The molecule has 1 aliphatic heterocycles. The number of H-pyrrole nitrogens is 1. The van der Waals surface area contributed by atoms with Crippen molar-refractivity contribution in [2.75, 3.05) is 38.2 Å². The Bertz CT molecular complexity index is 660. The number of anilines is 1. The van der Waals surface area contributed by atoms with Crippen LogP contribution < -0.4 is 9.64 Å². The van der Waals surface area contributed by atoms with E-state index in [1.807, 2.05) is 36.1 Å². The molecule has 0 spiro atoms. The van der Waals surface area contributed by atoms with Gasteiger partial charge in [-0.05, 0) is 25.1 Å². The molecule has 1 aromatic heterocycles. The highest BCUT2D eigenvalue weighted by molar-refractivity contribution is 5.92. The maximum absolute atomic E-state index is 12.4. The van der Waals surface area contributed by atoms with Gasteiger partial charge >= 0.3 is 0 Å². The predicted octanol–water partition coefficient (Wildman–Crippen LogP) is 1.69. The molecule has 3 rings (SSSR count). The summed E-state index contributed by atoms with van der Waals surface area (Å²) in [7, 11) is 1.68. The first-order chi connectivity index (χ1) is 10.7. The van der Waals surface area contributed by atoms with Gasteiger partial charge in [-0.1, -0.05) is 12.1 Å². The summed E-state index contributed by atoms with van der Waals surface area (Å²) in [5, 5.41) is 6.86. The molecule has 0 unspecified atom stereocenters. The van der Waals surface area contributed by atoms with Crippen molar-refractivity contribution in [1.29, 1.82) is 0 Å². The summed E-state index contributed by atoms with van der Waals surface area (Å²) in [5.74, 6) is 0.856. The third kappa shape index (κ3) is 2.77. The summed E-state index contributed by atoms with van der Waals surface area (Å²) < 4.78 is 5.41. The number of para-hydroxylation sites is 2. The fourth-order valence-electron chi connectivity index (χ4n) is 2.73. The molecule has 1 N–H and O–H groups in total. The monoisotopic (exact) mass is 300 g/mol. The molecule has 1 aliphatic rings. The van der Waals surface area contributed by atoms with E-state index in [0.717, 1.165) is 30.2 Å². The molecule has 0 aliphatic carbocycles. The lowest BCUT2D eigenvalue weighted by Crippen LogP contribution is -2.49. The Morgan fingerprint density at radius 2 is 1.95 bits per heavy atom. The van der Waals surface area contributed by atoms with Gasteiger partial charge in [-0.25, -0.2) is 0 Å². The van der Waals surface area contributed by atoms with Crippen LogP contribution in [0.4, 0.5) is 5.69 Å². The fourth-order valence-corrected chi connectivity index (χ4v) is 2.73. The summed E-state index contributed by atoms with van der Waals surface area (Å²) in [6.45, 7) is 4.83. The van der Waals surface area contributed by atoms with Crippen molar-refractivity contribution < 1.29 is 9.53 Å². The highest BCUT2D eigenvalue weighted by atomic mass is 16.5. The van der Waals surface area contributed by atoms with E-state index in [4.69, 9.17) is 4.74 Å². The number of aromatic nitrogens is 2. The van der Waals surface area contributed by atoms with E-state index in [9.17, 15) is 4.79 Å².